The van der Waals surface area contributed by atoms with Crippen LogP contribution < -0.4 is 14.8 Å². The summed E-state index contributed by atoms with van der Waals surface area (Å²) in [5.74, 6) is 1.42. The summed E-state index contributed by atoms with van der Waals surface area (Å²) >= 11 is 7.30. The monoisotopic (exact) mass is 473 g/mol. The molecule has 2 aromatic carbocycles. The van der Waals surface area contributed by atoms with Crippen molar-refractivity contribution >= 4 is 34.6 Å². The Hall–Kier alpha value is -3.47. The first-order chi connectivity index (χ1) is 16.2. The second-order valence-corrected chi connectivity index (χ2v) is 9.30. The number of aromatic nitrogens is 4. The van der Waals surface area contributed by atoms with Crippen molar-refractivity contribution in [3.8, 4) is 11.8 Å². The maximum atomic E-state index is 13.5. The smallest absolute Gasteiger partial charge is 0.273 e. The molecule has 1 aliphatic rings. The second kappa shape index (κ2) is 9.18. The first-order valence-corrected chi connectivity index (χ1v) is 12.0. The van der Waals surface area contributed by atoms with Gasteiger partial charge in [-0.2, -0.15) is 5.26 Å². The minimum Gasteiger partial charge on any atom is -0.310 e. The van der Waals surface area contributed by atoms with E-state index < -0.39 is 0 Å². The summed E-state index contributed by atoms with van der Waals surface area (Å²) in [5.41, 5.74) is 1.74. The SMILES string of the molecule is N#CC(c1nnc2n1CCCCC2)=c1sc(=Cc2ccc(Cl)cc2)c(=O)n1-c1ccccc1. The molecule has 33 heavy (non-hydrogen) atoms. The molecule has 0 saturated heterocycles. The highest BCUT2D eigenvalue weighted by Crippen LogP contribution is 2.18. The van der Waals surface area contributed by atoms with E-state index in [9.17, 15) is 10.1 Å². The van der Waals surface area contributed by atoms with Crippen molar-refractivity contribution in [3.63, 3.8) is 0 Å². The van der Waals surface area contributed by atoms with Gasteiger partial charge in [-0.3, -0.25) is 9.36 Å². The molecular formula is C25H20ClN5OS. The Kier molecular flexibility index (Phi) is 5.95. The molecule has 0 atom stereocenters. The molecule has 8 heteroatoms. The Morgan fingerprint density at radius 1 is 1.06 bits per heavy atom. The molecule has 0 fully saturated rings. The van der Waals surface area contributed by atoms with E-state index in [4.69, 9.17) is 11.6 Å². The van der Waals surface area contributed by atoms with E-state index in [1.165, 1.54) is 11.3 Å². The summed E-state index contributed by atoms with van der Waals surface area (Å²) < 4.78 is 4.71. The van der Waals surface area contributed by atoms with Crippen LogP contribution in [0, 0.1) is 11.3 Å². The number of nitrogens with zero attached hydrogens (tertiary/aromatic N) is 5. The quantitative estimate of drug-likeness (QED) is 0.457. The Morgan fingerprint density at radius 2 is 1.85 bits per heavy atom. The molecule has 0 unspecified atom stereocenters. The average molecular weight is 474 g/mol. The third-order valence-corrected chi connectivity index (χ3v) is 7.01. The van der Waals surface area contributed by atoms with Crippen LogP contribution in [0.25, 0.3) is 17.3 Å². The zero-order valence-corrected chi connectivity index (χ0v) is 19.3. The lowest BCUT2D eigenvalue weighted by molar-refractivity contribution is 0.627. The van der Waals surface area contributed by atoms with Gasteiger partial charge in [0.15, 0.2) is 5.82 Å². The number of thiazole rings is 1. The van der Waals surface area contributed by atoms with Gasteiger partial charge in [-0.1, -0.05) is 48.4 Å². The predicted molar refractivity (Wildman–Crippen MR) is 130 cm³/mol. The summed E-state index contributed by atoms with van der Waals surface area (Å²) in [7, 11) is 0. The lowest BCUT2D eigenvalue weighted by Crippen LogP contribution is -2.31. The molecule has 0 saturated carbocycles. The van der Waals surface area contributed by atoms with Crippen molar-refractivity contribution in [2.45, 2.75) is 32.2 Å². The lowest BCUT2D eigenvalue weighted by atomic mass is 10.2. The number of fused-ring (bicyclic) bond motifs is 1. The van der Waals surface area contributed by atoms with Crippen LogP contribution in [0.2, 0.25) is 5.02 Å². The molecule has 2 aromatic heterocycles. The molecule has 1 aliphatic heterocycles. The maximum absolute atomic E-state index is 13.5. The molecule has 5 rings (SSSR count). The molecule has 0 spiro atoms. The van der Waals surface area contributed by atoms with Gasteiger partial charge in [0, 0.05) is 18.0 Å². The summed E-state index contributed by atoms with van der Waals surface area (Å²) in [6.07, 6.45) is 5.87. The van der Waals surface area contributed by atoms with Crippen LogP contribution in [0.1, 0.15) is 36.5 Å². The first kappa shape index (κ1) is 21.4. The predicted octanol–water partition coefficient (Wildman–Crippen LogP) is 3.42. The Balaban J connectivity index is 1.82. The largest absolute Gasteiger partial charge is 0.310 e. The van der Waals surface area contributed by atoms with Gasteiger partial charge in [-0.25, -0.2) is 0 Å². The molecule has 0 radical (unpaired) electrons. The van der Waals surface area contributed by atoms with Gasteiger partial charge in [-0.15, -0.1) is 21.5 Å². The van der Waals surface area contributed by atoms with Gasteiger partial charge in [0.1, 0.15) is 22.1 Å². The number of benzene rings is 2. The third-order valence-electron chi connectivity index (χ3n) is 5.66. The van der Waals surface area contributed by atoms with Crippen molar-refractivity contribution in [1.82, 2.24) is 19.3 Å². The molecule has 164 valence electrons. The normalized spacial score (nSPS) is 15.0. The lowest BCUT2D eigenvalue weighted by Gasteiger charge is -2.07. The summed E-state index contributed by atoms with van der Waals surface area (Å²) in [4.78, 5) is 13.5. The van der Waals surface area contributed by atoms with E-state index in [-0.39, 0.29) is 5.56 Å². The summed E-state index contributed by atoms with van der Waals surface area (Å²) in [6.45, 7) is 0.771. The van der Waals surface area contributed by atoms with E-state index in [0.717, 1.165) is 43.6 Å². The number of nitriles is 1. The van der Waals surface area contributed by atoms with Crippen LogP contribution in [0.4, 0.5) is 0 Å². The number of hydrogen-bond donors (Lipinski definition) is 0. The molecule has 6 nitrogen and oxygen atoms in total. The van der Waals surface area contributed by atoms with E-state index in [1.807, 2.05) is 53.1 Å². The summed E-state index contributed by atoms with van der Waals surface area (Å²) in [5, 5.41) is 19.6. The highest BCUT2D eigenvalue weighted by Gasteiger charge is 2.21. The fourth-order valence-corrected chi connectivity index (χ4v) is 5.26. The minimum absolute atomic E-state index is 0.181. The van der Waals surface area contributed by atoms with Crippen molar-refractivity contribution in [2.24, 2.45) is 0 Å². The highest BCUT2D eigenvalue weighted by molar-refractivity contribution is 7.07. The van der Waals surface area contributed by atoms with E-state index in [2.05, 4.69) is 16.3 Å². The van der Waals surface area contributed by atoms with Crippen LogP contribution in [0.15, 0.2) is 59.4 Å². The van der Waals surface area contributed by atoms with Crippen LogP contribution in [-0.4, -0.2) is 19.3 Å². The van der Waals surface area contributed by atoms with Crippen LogP contribution in [0.5, 0.6) is 0 Å². The number of aryl methyl sites for hydroxylation is 1. The minimum atomic E-state index is -0.181. The standard InChI is InChI=1S/C25H20ClN5OS/c26-18-12-10-17(11-13-18)15-21-24(32)31(19-7-3-1-4-8-19)25(33-21)20(16-27)23-29-28-22-9-5-2-6-14-30(22)23/h1,3-4,7-8,10-13,15H,2,5-6,9,14H2. The van der Waals surface area contributed by atoms with Crippen LogP contribution in [0.3, 0.4) is 0 Å². The number of halogens is 1. The summed E-state index contributed by atoms with van der Waals surface area (Å²) in [6, 6.07) is 19.0. The fraction of sp³-hybridized carbons (Fsp3) is 0.200. The third kappa shape index (κ3) is 4.15. The Bertz CT molecular complexity index is 1520. The fourth-order valence-electron chi connectivity index (χ4n) is 4.04. The zero-order chi connectivity index (χ0) is 22.8. The molecule has 4 aromatic rings. The average Bonchev–Trinajstić information content (AvgIpc) is 3.27. The van der Waals surface area contributed by atoms with Crippen LogP contribution in [-0.2, 0) is 13.0 Å². The Morgan fingerprint density at radius 3 is 2.61 bits per heavy atom. The van der Waals surface area contributed by atoms with Gasteiger partial charge >= 0.3 is 0 Å². The maximum Gasteiger partial charge on any atom is 0.273 e. The van der Waals surface area contributed by atoms with Crippen molar-refractivity contribution < 1.29 is 0 Å². The number of para-hydroxylation sites is 1. The van der Waals surface area contributed by atoms with Gasteiger partial charge in [-0.05, 0) is 48.7 Å². The molecule has 0 N–H and O–H groups in total. The Labute approximate surface area is 199 Å². The van der Waals surface area contributed by atoms with Crippen LogP contribution >= 0.6 is 22.9 Å². The second-order valence-electron chi connectivity index (χ2n) is 7.83. The van der Waals surface area contributed by atoms with Gasteiger partial charge < -0.3 is 4.57 Å². The van der Waals surface area contributed by atoms with E-state index in [1.54, 1.807) is 16.7 Å². The van der Waals surface area contributed by atoms with Crippen molar-refractivity contribution in [1.29, 1.82) is 5.26 Å². The molecule has 3 heterocycles. The first-order valence-electron chi connectivity index (χ1n) is 10.8. The van der Waals surface area contributed by atoms with Crippen molar-refractivity contribution in [2.75, 3.05) is 0 Å². The van der Waals surface area contributed by atoms with Gasteiger partial charge in [0.25, 0.3) is 5.56 Å². The molecule has 0 amide bonds. The topological polar surface area (TPSA) is 76.5 Å². The van der Waals surface area contributed by atoms with E-state index >= 15 is 0 Å². The highest BCUT2D eigenvalue weighted by atomic mass is 35.5. The molecular weight excluding hydrogens is 454 g/mol. The number of hydrogen-bond acceptors (Lipinski definition) is 5. The van der Waals surface area contributed by atoms with Gasteiger partial charge in [0.2, 0.25) is 0 Å². The molecule has 0 aliphatic carbocycles. The number of rotatable bonds is 3. The van der Waals surface area contributed by atoms with E-state index in [0.29, 0.717) is 31.3 Å². The zero-order valence-electron chi connectivity index (χ0n) is 17.7. The molecule has 0 bridgehead atoms. The van der Waals surface area contributed by atoms with Gasteiger partial charge in [0.05, 0.1) is 10.2 Å². The van der Waals surface area contributed by atoms with Crippen molar-refractivity contribution in [3.05, 3.63) is 96.4 Å².